The summed E-state index contributed by atoms with van der Waals surface area (Å²) in [6.45, 7) is 0.761. The Balaban J connectivity index is 1.59. The number of hydrogen-bond donors (Lipinski definition) is 0. The predicted molar refractivity (Wildman–Crippen MR) is 83.2 cm³/mol. The van der Waals surface area contributed by atoms with Gasteiger partial charge in [0.05, 0.1) is 6.20 Å². The highest BCUT2D eigenvalue weighted by atomic mass is 32.2. The molecule has 4 rings (SSSR count). The van der Waals surface area contributed by atoms with Gasteiger partial charge in [0.1, 0.15) is 22.9 Å². The van der Waals surface area contributed by atoms with Crippen molar-refractivity contribution in [3.8, 4) is 0 Å². The van der Waals surface area contributed by atoms with E-state index in [2.05, 4.69) is 19.7 Å². The van der Waals surface area contributed by atoms with Crippen LogP contribution in [0.5, 0.6) is 0 Å². The van der Waals surface area contributed by atoms with E-state index in [4.69, 9.17) is 0 Å². The minimum absolute atomic E-state index is 0.0122. The number of nitrogens with zero attached hydrogens (tertiary/aromatic N) is 5. The monoisotopic (exact) mass is 351 g/mol. The number of halogens is 1. The first-order chi connectivity index (χ1) is 11.6. The first-order valence-electron chi connectivity index (χ1n) is 8.06. The highest BCUT2D eigenvalue weighted by Gasteiger charge is 2.35. The van der Waals surface area contributed by atoms with Gasteiger partial charge in [0.15, 0.2) is 0 Å². The van der Waals surface area contributed by atoms with Crippen LogP contribution in [0.15, 0.2) is 29.7 Å². The van der Waals surface area contributed by atoms with Gasteiger partial charge < -0.3 is 4.57 Å². The van der Waals surface area contributed by atoms with Crippen molar-refractivity contribution in [1.82, 2.24) is 24.1 Å². The second-order valence-corrected chi connectivity index (χ2v) is 8.31. The third-order valence-corrected chi connectivity index (χ3v) is 6.44. The molecule has 0 spiro atoms. The quantitative estimate of drug-likeness (QED) is 0.838. The Morgan fingerprint density at radius 1 is 1.21 bits per heavy atom. The molecule has 1 atom stereocenters. The first kappa shape index (κ1) is 15.6. The normalized spacial score (nSPS) is 22.6. The molecule has 24 heavy (non-hydrogen) atoms. The molecule has 1 saturated carbocycles. The van der Waals surface area contributed by atoms with Crippen molar-refractivity contribution in [2.45, 2.75) is 42.5 Å². The Morgan fingerprint density at radius 2 is 2.04 bits per heavy atom. The smallest absolute Gasteiger partial charge is 0.244 e. The molecule has 7 nitrogen and oxygen atoms in total. The van der Waals surface area contributed by atoms with E-state index in [1.165, 1.54) is 10.5 Å². The van der Waals surface area contributed by atoms with Crippen molar-refractivity contribution >= 4 is 10.0 Å². The summed E-state index contributed by atoms with van der Waals surface area (Å²) in [7, 11) is -3.75. The van der Waals surface area contributed by atoms with Gasteiger partial charge >= 0.3 is 0 Å². The summed E-state index contributed by atoms with van der Waals surface area (Å²) >= 11 is 0. The zero-order valence-corrected chi connectivity index (χ0v) is 13.9. The molecule has 2 fully saturated rings. The van der Waals surface area contributed by atoms with Crippen molar-refractivity contribution < 1.29 is 12.8 Å². The molecule has 1 saturated heterocycles. The fraction of sp³-hybridized carbons (Fsp3) is 0.533. The second-order valence-electron chi connectivity index (χ2n) is 6.37. The van der Waals surface area contributed by atoms with Crippen LogP contribution in [0.2, 0.25) is 0 Å². The van der Waals surface area contributed by atoms with Crippen LogP contribution in [0.1, 0.15) is 43.5 Å². The zero-order valence-electron chi connectivity index (χ0n) is 13.0. The zero-order chi connectivity index (χ0) is 16.7. The first-order valence-corrected chi connectivity index (χ1v) is 9.50. The molecule has 0 radical (unpaired) electrons. The number of pyridine rings is 1. The fourth-order valence-electron chi connectivity index (χ4n) is 3.23. The minimum Gasteiger partial charge on any atom is -0.314 e. The van der Waals surface area contributed by atoms with Crippen LogP contribution >= 0.6 is 0 Å². The molecular formula is C15H18FN5O2S. The Bertz CT molecular complexity index is 849. The predicted octanol–water partition coefficient (Wildman–Crippen LogP) is 1.72. The second kappa shape index (κ2) is 5.89. The Kier molecular flexibility index (Phi) is 3.84. The summed E-state index contributed by atoms with van der Waals surface area (Å²) in [5.41, 5.74) is 0. The molecule has 128 valence electrons. The van der Waals surface area contributed by atoms with Crippen molar-refractivity contribution in [3.63, 3.8) is 0 Å². The number of sulfonamides is 1. The highest BCUT2D eigenvalue weighted by molar-refractivity contribution is 7.89. The maximum absolute atomic E-state index is 13.3. The lowest BCUT2D eigenvalue weighted by molar-refractivity contribution is 0.304. The van der Waals surface area contributed by atoms with E-state index in [1.807, 2.05) is 0 Å². The van der Waals surface area contributed by atoms with Gasteiger partial charge in [-0.2, -0.15) is 4.31 Å². The Labute approximate surface area is 139 Å². The Morgan fingerprint density at radius 3 is 2.79 bits per heavy atom. The van der Waals surface area contributed by atoms with Gasteiger partial charge in [-0.25, -0.2) is 12.8 Å². The van der Waals surface area contributed by atoms with Gasteiger partial charge in [0.2, 0.25) is 10.0 Å². The van der Waals surface area contributed by atoms with E-state index >= 15 is 0 Å². The molecule has 0 aromatic carbocycles. The van der Waals surface area contributed by atoms with Crippen LogP contribution in [-0.2, 0) is 10.0 Å². The molecule has 0 amide bonds. The molecule has 2 aliphatic rings. The van der Waals surface area contributed by atoms with E-state index < -0.39 is 15.8 Å². The molecular weight excluding hydrogens is 333 g/mol. The van der Waals surface area contributed by atoms with Gasteiger partial charge in [0.25, 0.3) is 0 Å². The molecule has 9 heteroatoms. The minimum atomic E-state index is -3.75. The summed E-state index contributed by atoms with van der Waals surface area (Å²) < 4.78 is 42.4. The van der Waals surface area contributed by atoms with Crippen LogP contribution in [0.4, 0.5) is 4.39 Å². The van der Waals surface area contributed by atoms with Crippen LogP contribution in [0.25, 0.3) is 0 Å². The number of hydrogen-bond acceptors (Lipinski definition) is 5. The lowest BCUT2D eigenvalue weighted by atomic mass is 9.99. The molecule has 3 heterocycles. The lowest BCUT2D eigenvalue weighted by Gasteiger charge is -2.31. The summed E-state index contributed by atoms with van der Waals surface area (Å²) in [4.78, 5) is 3.55. The van der Waals surface area contributed by atoms with Gasteiger partial charge in [-0.3, -0.25) is 4.98 Å². The highest BCUT2D eigenvalue weighted by Crippen LogP contribution is 2.38. The summed E-state index contributed by atoms with van der Waals surface area (Å²) in [6, 6.07) is 1.47. The topological polar surface area (TPSA) is 81.0 Å². The van der Waals surface area contributed by atoms with E-state index in [0.717, 1.165) is 43.8 Å². The third kappa shape index (κ3) is 2.82. The molecule has 1 unspecified atom stereocenters. The van der Waals surface area contributed by atoms with Crippen LogP contribution in [-0.4, -0.2) is 45.6 Å². The van der Waals surface area contributed by atoms with Crippen molar-refractivity contribution in [1.29, 1.82) is 0 Å². The van der Waals surface area contributed by atoms with Gasteiger partial charge in [-0.1, -0.05) is 0 Å². The molecule has 1 aliphatic heterocycles. The number of aromatic nitrogens is 4. The van der Waals surface area contributed by atoms with Crippen molar-refractivity contribution in [2.24, 2.45) is 0 Å². The standard InChI is InChI=1S/C15H18FN5O2S/c16-12-6-14(8-17-7-12)24(22,23)20-5-1-2-11(9-20)15-19-18-10-21(15)13-3-4-13/h6-8,10-11,13H,1-5,9H2. The van der Waals surface area contributed by atoms with E-state index in [9.17, 15) is 12.8 Å². The fourth-order valence-corrected chi connectivity index (χ4v) is 4.73. The summed E-state index contributed by atoms with van der Waals surface area (Å²) in [5.74, 6) is 0.214. The third-order valence-electron chi connectivity index (χ3n) is 4.61. The number of piperidine rings is 1. The van der Waals surface area contributed by atoms with Crippen molar-refractivity contribution in [3.05, 3.63) is 36.4 Å². The maximum Gasteiger partial charge on any atom is 0.244 e. The van der Waals surface area contributed by atoms with E-state index in [0.29, 0.717) is 19.1 Å². The summed E-state index contributed by atoms with van der Waals surface area (Å²) in [6.07, 6.45) is 7.77. The molecule has 1 aliphatic carbocycles. The van der Waals surface area contributed by atoms with Crippen molar-refractivity contribution in [2.75, 3.05) is 13.1 Å². The number of rotatable bonds is 4. The van der Waals surface area contributed by atoms with E-state index in [1.54, 1.807) is 6.33 Å². The van der Waals surface area contributed by atoms with E-state index in [-0.39, 0.29) is 10.8 Å². The van der Waals surface area contributed by atoms with Crippen LogP contribution in [0, 0.1) is 5.82 Å². The molecule has 2 aromatic rings. The van der Waals surface area contributed by atoms with Gasteiger partial charge in [-0.05, 0) is 31.7 Å². The average Bonchev–Trinajstić information content (AvgIpc) is 3.31. The van der Waals surface area contributed by atoms with Crippen LogP contribution < -0.4 is 0 Å². The van der Waals surface area contributed by atoms with Crippen LogP contribution in [0.3, 0.4) is 0 Å². The Hall–Kier alpha value is -1.87. The molecule has 0 N–H and O–H groups in total. The lowest BCUT2D eigenvalue weighted by Crippen LogP contribution is -2.39. The SMILES string of the molecule is O=S(=O)(c1cncc(F)c1)N1CCCC(c2nncn2C2CC2)C1. The average molecular weight is 351 g/mol. The molecule has 0 bridgehead atoms. The summed E-state index contributed by atoms with van der Waals surface area (Å²) in [5, 5.41) is 8.22. The largest absolute Gasteiger partial charge is 0.314 e. The van der Waals surface area contributed by atoms with Gasteiger partial charge in [0, 0.05) is 31.2 Å². The maximum atomic E-state index is 13.3. The molecule has 2 aromatic heterocycles. The van der Waals surface area contributed by atoms with Gasteiger partial charge in [-0.15, -0.1) is 10.2 Å².